The number of esters is 1. The van der Waals surface area contributed by atoms with Crippen molar-refractivity contribution < 1.29 is 28.5 Å². The van der Waals surface area contributed by atoms with Gasteiger partial charge < -0.3 is 24.3 Å². The Balaban J connectivity index is 3.01. The van der Waals surface area contributed by atoms with Crippen molar-refractivity contribution in [2.75, 3.05) is 26.9 Å². The minimum atomic E-state index is -0.561. The van der Waals surface area contributed by atoms with E-state index in [1.54, 1.807) is 12.1 Å². The van der Waals surface area contributed by atoms with E-state index in [4.69, 9.17) is 31.8 Å². The normalized spacial score (nSPS) is 10.6. The first-order chi connectivity index (χ1) is 16.7. The molecule has 0 fully saturated rings. The van der Waals surface area contributed by atoms with Crippen LogP contribution in [0.2, 0.25) is 0 Å². The van der Waals surface area contributed by atoms with E-state index in [1.807, 2.05) is 20.8 Å². The van der Waals surface area contributed by atoms with Gasteiger partial charge in [0.05, 0.1) is 25.9 Å². The fourth-order valence-corrected chi connectivity index (χ4v) is 3.15. The molecule has 0 aliphatic carbocycles. The average Bonchev–Trinajstić information content (AvgIpc) is 2.80. The molecule has 0 saturated carbocycles. The number of ether oxygens (including phenoxy) is 4. The van der Waals surface area contributed by atoms with Gasteiger partial charge in [0.1, 0.15) is 17.1 Å². The van der Waals surface area contributed by atoms with Crippen molar-refractivity contribution in [1.29, 1.82) is 0 Å². The second-order valence-electron chi connectivity index (χ2n) is 8.99. The quantitative estimate of drug-likeness (QED) is 0.206. The highest BCUT2D eigenvalue weighted by Gasteiger charge is 2.19. The Morgan fingerprint density at radius 2 is 1.46 bits per heavy atom. The van der Waals surface area contributed by atoms with Gasteiger partial charge in [-0.15, -0.1) is 24.7 Å². The highest BCUT2D eigenvalue weighted by Crippen LogP contribution is 2.33. The molecule has 0 spiro atoms. The van der Waals surface area contributed by atoms with E-state index >= 15 is 0 Å². The van der Waals surface area contributed by atoms with Crippen LogP contribution in [0.25, 0.3) is 0 Å². The molecule has 35 heavy (non-hydrogen) atoms. The molecule has 1 aromatic rings. The fourth-order valence-electron chi connectivity index (χ4n) is 3.15. The predicted octanol–water partition coefficient (Wildman–Crippen LogP) is 5.30. The van der Waals surface area contributed by atoms with Crippen LogP contribution in [0.15, 0.2) is 12.1 Å². The number of unbranched alkanes of at least 4 members (excludes halogenated alkanes) is 4. The van der Waals surface area contributed by atoms with Crippen LogP contribution in [0.4, 0.5) is 4.79 Å². The van der Waals surface area contributed by atoms with Gasteiger partial charge in [-0.2, -0.15) is 0 Å². The lowest BCUT2D eigenvalue weighted by atomic mass is 10.0. The Morgan fingerprint density at radius 1 is 0.914 bits per heavy atom. The van der Waals surface area contributed by atoms with E-state index < -0.39 is 17.7 Å². The Bertz CT molecular complexity index is 843. The monoisotopic (exact) mass is 485 g/mol. The van der Waals surface area contributed by atoms with E-state index in [-0.39, 0.29) is 0 Å². The van der Waals surface area contributed by atoms with Crippen LogP contribution in [-0.4, -0.2) is 44.5 Å². The maximum absolute atomic E-state index is 12.3. The van der Waals surface area contributed by atoms with Crippen LogP contribution in [0.5, 0.6) is 11.5 Å². The molecule has 1 aromatic carbocycles. The first-order valence-corrected chi connectivity index (χ1v) is 12.1. The molecule has 0 atom stereocenters. The number of amides is 1. The Morgan fingerprint density at radius 3 is 1.91 bits per heavy atom. The van der Waals surface area contributed by atoms with E-state index in [1.165, 1.54) is 7.11 Å². The van der Waals surface area contributed by atoms with Gasteiger partial charge in [-0.25, -0.2) is 9.59 Å². The lowest BCUT2D eigenvalue weighted by molar-refractivity contribution is 0.0526. The zero-order valence-electron chi connectivity index (χ0n) is 21.5. The number of carbonyl (C=O) groups is 2. The number of terminal acetylenes is 2. The highest BCUT2D eigenvalue weighted by atomic mass is 16.6. The van der Waals surface area contributed by atoms with Gasteiger partial charge in [-0.3, -0.25) is 0 Å². The molecule has 0 bridgehead atoms. The van der Waals surface area contributed by atoms with Crippen molar-refractivity contribution >= 4 is 12.1 Å². The topological polar surface area (TPSA) is 83.1 Å². The number of rotatable bonds is 15. The lowest BCUT2D eigenvalue weighted by Gasteiger charge is -2.20. The predicted molar refractivity (Wildman–Crippen MR) is 137 cm³/mol. The SMILES string of the molecule is C#CCCCCOc1cc(C(=O)OC)cc(OCCCCC#C)c1CCCNC(=O)OC(C)(C)C. The number of benzene rings is 1. The highest BCUT2D eigenvalue weighted by molar-refractivity contribution is 5.90. The minimum Gasteiger partial charge on any atom is -0.493 e. The van der Waals surface area contributed by atoms with Crippen molar-refractivity contribution in [3.05, 3.63) is 23.3 Å². The smallest absolute Gasteiger partial charge is 0.407 e. The lowest BCUT2D eigenvalue weighted by Crippen LogP contribution is -2.33. The van der Waals surface area contributed by atoms with Gasteiger partial charge >= 0.3 is 12.1 Å². The van der Waals surface area contributed by atoms with E-state index in [0.29, 0.717) is 62.5 Å². The summed E-state index contributed by atoms with van der Waals surface area (Å²) in [4.78, 5) is 24.2. The summed E-state index contributed by atoms with van der Waals surface area (Å²) in [7, 11) is 1.33. The molecular formula is C28H39NO6. The molecule has 7 heteroatoms. The maximum atomic E-state index is 12.3. The first-order valence-electron chi connectivity index (χ1n) is 12.1. The van der Waals surface area contributed by atoms with Crippen LogP contribution in [-0.2, 0) is 15.9 Å². The zero-order chi connectivity index (χ0) is 26.1. The van der Waals surface area contributed by atoms with Crippen LogP contribution < -0.4 is 14.8 Å². The summed E-state index contributed by atoms with van der Waals surface area (Å²) in [6.45, 7) is 6.77. The summed E-state index contributed by atoms with van der Waals surface area (Å²) in [5, 5.41) is 2.77. The maximum Gasteiger partial charge on any atom is 0.407 e. The molecule has 0 heterocycles. The first kappa shape index (κ1) is 29.7. The van der Waals surface area contributed by atoms with Crippen molar-refractivity contribution in [3.8, 4) is 36.2 Å². The molecule has 0 aromatic heterocycles. The molecule has 0 aliphatic heterocycles. The Labute approximate surface area is 210 Å². The third kappa shape index (κ3) is 12.6. The third-order valence-corrected chi connectivity index (χ3v) is 4.81. The van der Waals surface area contributed by atoms with Gasteiger partial charge in [0.15, 0.2) is 0 Å². The number of carbonyl (C=O) groups excluding carboxylic acids is 2. The Kier molecular flexibility index (Phi) is 13.9. The van der Waals surface area contributed by atoms with Crippen molar-refractivity contribution in [2.24, 2.45) is 0 Å². The third-order valence-electron chi connectivity index (χ3n) is 4.81. The van der Waals surface area contributed by atoms with Gasteiger partial charge in [0, 0.05) is 24.9 Å². The number of hydrogen-bond acceptors (Lipinski definition) is 6. The van der Waals surface area contributed by atoms with E-state index in [2.05, 4.69) is 17.2 Å². The number of nitrogens with one attached hydrogen (secondary N) is 1. The van der Waals surface area contributed by atoms with Crippen molar-refractivity contribution in [3.63, 3.8) is 0 Å². The summed E-state index contributed by atoms with van der Waals surface area (Å²) < 4.78 is 22.3. The standard InChI is InChI=1S/C28H39NO6/c1-7-9-11-13-18-33-24-20-22(26(30)32-6)21-25(34-19-14-12-10-8-2)23(24)16-15-17-29-27(31)35-28(3,4)5/h1-2,20-21H,9-19H2,3-6H3,(H,29,31). The summed E-state index contributed by atoms with van der Waals surface area (Å²) in [6.07, 6.45) is 16.0. The molecule has 192 valence electrons. The van der Waals surface area contributed by atoms with Gasteiger partial charge in [-0.1, -0.05) is 0 Å². The van der Waals surface area contributed by atoms with Gasteiger partial charge in [-0.05, 0) is 71.4 Å². The van der Waals surface area contributed by atoms with Crippen molar-refractivity contribution in [1.82, 2.24) is 5.32 Å². The van der Waals surface area contributed by atoms with Crippen LogP contribution in [0.3, 0.4) is 0 Å². The second kappa shape index (κ2) is 16.3. The van der Waals surface area contributed by atoms with Crippen molar-refractivity contribution in [2.45, 2.75) is 77.7 Å². The van der Waals surface area contributed by atoms with Crippen LogP contribution in [0, 0.1) is 24.7 Å². The molecule has 0 aliphatic rings. The van der Waals surface area contributed by atoms with Gasteiger partial charge in [0.25, 0.3) is 0 Å². The molecule has 0 radical (unpaired) electrons. The van der Waals surface area contributed by atoms with E-state index in [9.17, 15) is 9.59 Å². The summed E-state index contributed by atoms with van der Waals surface area (Å²) in [5.41, 5.74) is 0.618. The number of methoxy groups -OCH3 is 1. The molecule has 7 nitrogen and oxygen atoms in total. The molecule has 0 unspecified atom stereocenters. The molecule has 1 rings (SSSR count). The summed E-state index contributed by atoms with van der Waals surface area (Å²) >= 11 is 0. The molecular weight excluding hydrogens is 446 g/mol. The van der Waals surface area contributed by atoms with Crippen LogP contribution >= 0.6 is 0 Å². The van der Waals surface area contributed by atoms with Gasteiger partial charge in [0.2, 0.25) is 0 Å². The molecule has 0 saturated heterocycles. The second-order valence-corrected chi connectivity index (χ2v) is 8.99. The largest absolute Gasteiger partial charge is 0.493 e. The van der Waals surface area contributed by atoms with Crippen LogP contribution in [0.1, 0.15) is 81.6 Å². The molecule has 1 amide bonds. The van der Waals surface area contributed by atoms with E-state index in [0.717, 1.165) is 31.2 Å². The number of alkyl carbamates (subject to hydrolysis) is 1. The fraction of sp³-hybridized carbons (Fsp3) is 0.571. The Hall–Kier alpha value is -3.32. The molecule has 1 N–H and O–H groups in total. The summed E-state index contributed by atoms with van der Waals surface area (Å²) in [5.74, 6) is 5.88. The average molecular weight is 486 g/mol. The summed E-state index contributed by atoms with van der Waals surface area (Å²) in [6, 6.07) is 3.35. The number of hydrogen-bond donors (Lipinski definition) is 1. The zero-order valence-corrected chi connectivity index (χ0v) is 21.5. The minimum absolute atomic E-state index is 0.348.